The van der Waals surface area contributed by atoms with Gasteiger partial charge in [0.1, 0.15) is 0 Å². The summed E-state index contributed by atoms with van der Waals surface area (Å²) in [4.78, 5) is 15.9. The number of hydrogen-bond donors (Lipinski definition) is 1. The van der Waals surface area contributed by atoms with Crippen molar-refractivity contribution in [3.63, 3.8) is 0 Å². The number of nitrogens with zero attached hydrogens (tertiary/aromatic N) is 5. The third kappa shape index (κ3) is 8.53. The van der Waals surface area contributed by atoms with Crippen molar-refractivity contribution >= 4 is 33.1 Å². The molecule has 9 heteroatoms. The van der Waals surface area contributed by atoms with Gasteiger partial charge in [-0.3, -0.25) is 4.99 Å². The Morgan fingerprint density at radius 1 is 1.30 bits per heavy atom. The molecule has 1 aliphatic heterocycles. The topological polar surface area (TPSA) is 103 Å². The van der Waals surface area contributed by atoms with E-state index in [0.717, 1.165) is 52.8 Å². The molecule has 3 rings (SSSR count). The molecule has 1 unspecified atom stereocenters. The first-order chi connectivity index (χ1) is 19.0. The number of aliphatic imine (C=N–C) groups is 1. The van der Waals surface area contributed by atoms with Crippen LogP contribution in [0.25, 0.3) is 22.5 Å². The van der Waals surface area contributed by atoms with Gasteiger partial charge in [-0.25, -0.2) is 22.7 Å². The fraction of sp³-hybridized carbons (Fsp3) is 0.419. The molecule has 2 aromatic rings. The molecule has 8 nitrogen and oxygen atoms in total. The number of hydrogen-bond acceptors (Lipinski definition) is 7. The number of nitrogens with one attached hydrogen (secondary N) is 1. The van der Waals surface area contributed by atoms with Crippen LogP contribution in [0.3, 0.4) is 0 Å². The van der Waals surface area contributed by atoms with Gasteiger partial charge >= 0.3 is 0 Å². The van der Waals surface area contributed by atoms with E-state index in [9.17, 15) is 8.42 Å². The van der Waals surface area contributed by atoms with Gasteiger partial charge < -0.3 is 10.3 Å². The van der Waals surface area contributed by atoms with Gasteiger partial charge in [0.25, 0.3) is 0 Å². The second-order valence-corrected chi connectivity index (χ2v) is 12.4. The highest BCUT2D eigenvalue weighted by molar-refractivity contribution is 7.88. The highest BCUT2D eigenvalue weighted by atomic mass is 32.2. The maximum absolute atomic E-state index is 11.9. The predicted octanol–water partition coefficient (Wildman–Crippen LogP) is 5.35. The molecular formula is C31H42N6O2S. The van der Waals surface area contributed by atoms with E-state index in [-0.39, 0.29) is 5.92 Å². The van der Waals surface area contributed by atoms with E-state index in [2.05, 4.69) is 30.6 Å². The summed E-state index contributed by atoms with van der Waals surface area (Å²) in [6, 6.07) is 8.09. The first-order valence-electron chi connectivity index (χ1n) is 13.7. The van der Waals surface area contributed by atoms with Crippen molar-refractivity contribution in [2.45, 2.75) is 39.0 Å². The van der Waals surface area contributed by atoms with Gasteiger partial charge in [0, 0.05) is 76.1 Å². The fourth-order valence-corrected chi connectivity index (χ4v) is 5.81. The monoisotopic (exact) mass is 562 g/mol. The molecule has 1 atom stereocenters. The normalized spacial score (nSPS) is 17.0. The summed E-state index contributed by atoms with van der Waals surface area (Å²) in [6.07, 6.45) is 14.3. The SMILES string of the molecule is C=C/C(=C\N(C)C)c1cccc(-c2ncc(/C(C=NC)=C/CC)c(CC(=N)CCC3CCN(S(C)(=O)=O)C3)n2)c1. The fourth-order valence-electron chi connectivity index (χ4n) is 4.89. The van der Waals surface area contributed by atoms with Gasteiger partial charge in [-0.2, -0.15) is 0 Å². The largest absolute Gasteiger partial charge is 0.383 e. The quantitative estimate of drug-likeness (QED) is 0.262. The Balaban J connectivity index is 1.90. The molecule has 2 heterocycles. The van der Waals surface area contributed by atoms with Gasteiger partial charge in [0.2, 0.25) is 10.0 Å². The van der Waals surface area contributed by atoms with Crippen molar-refractivity contribution in [1.82, 2.24) is 19.2 Å². The zero-order chi connectivity index (χ0) is 29.3. The molecule has 214 valence electrons. The van der Waals surface area contributed by atoms with Crippen molar-refractivity contribution in [1.29, 1.82) is 5.41 Å². The van der Waals surface area contributed by atoms with E-state index in [1.807, 2.05) is 61.9 Å². The van der Waals surface area contributed by atoms with E-state index in [1.165, 1.54) is 6.26 Å². The smallest absolute Gasteiger partial charge is 0.211 e. The highest BCUT2D eigenvalue weighted by Crippen LogP contribution is 2.27. The second-order valence-electron chi connectivity index (χ2n) is 10.4. The Hall–Kier alpha value is -3.43. The number of allylic oxidation sites excluding steroid dienone is 4. The van der Waals surface area contributed by atoms with E-state index >= 15 is 0 Å². The zero-order valence-electron chi connectivity index (χ0n) is 24.4. The Morgan fingerprint density at radius 3 is 2.70 bits per heavy atom. The minimum atomic E-state index is -3.16. The highest BCUT2D eigenvalue weighted by Gasteiger charge is 2.28. The second kappa shape index (κ2) is 14.3. The molecule has 1 aliphatic rings. The van der Waals surface area contributed by atoms with Crippen LogP contribution in [0.5, 0.6) is 0 Å². The average molecular weight is 563 g/mol. The summed E-state index contributed by atoms with van der Waals surface area (Å²) in [5, 5.41) is 8.79. The molecule has 0 aliphatic carbocycles. The standard InChI is InChI=1S/C31H42N6O2S/c1-7-10-27(19-33-3)29-20-34-31(26-12-9-11-25(17-26)24(8-2)22-36(4)5)35-30(29)18-28(32)14-13-23-15-16-37(21-23)40(6,38)39/h8-12,17,19-20,22-23,32H,2,7,13-16,18,21H2,1,3-6H3/b24-22+,27-10+,32-28?,33-19?. The summed E-state index contributed by atoms with van der Waals surface area (Å²) < 4.78 is 25.3. The molecular weight excluding hydrogens is 520 g/mol. The van der Waals surface area contributed by atoms with E-state index in [4.69, 9.17) is 15.4 Å². The van der Waals surface area contributed by atoms with E-state index < -0.39 is 10.0 Å². The van der Waals surface area contributed by atoms with Gasteiger partial charge in [0.05, 0.1) is 11.9 Å². The summed E-state index contributed by atoms with van der Waals surface area (Å²) in [6.45, 7) is 7.14. The van der Waals surface area contributed by atoms with Crippen LogP contribution in [0.15, 0.2) is 60.4 Å². The van der Waals surface area contributed by atoms with Crippen LogP contribution >= 0.6 is 0 Å². The van der Waals surface area contributed by atoms with E-state index in [0.29, 0.717) is 37.5 Å². The van der Waals surface area contributed by atoms with Crippen molar-refractivity contribution < 1.29 is 8.42 Å². The lowest BCUT2D eigenvalue weighted by molar-refractivity contribution is 0.453. The molecule has 0 amide bonds. The van der Waals surface area contributed by atoms with Crippen molar-refractivity contribution in [2.24, 2.45) is 10.9 Å². The number of rotatable bonds is 13. The van der Waals surface area contributed by atoms with Crippen LogP contribution in [0.1, 0.15) is 49.4 Å². The molecule has 1 N–H and O–H groups in total. The molecule has 1 aromatic heterocycles. The molecule has 0 spiro atoms. The van der Waals surface area contributed by atoms with E-state index in [1.54, 1.807) is 11.4 Å². The van der Waals surface area contributed by atoms with Gasteiger partial charge in [-0.15, -0.1) is 0 Å². The van der Waals surface area contributed by atoms with Gasteiger partial charge in [-0.05, 0) is 54.4 Å². The maximum Gasteiger partial charge on any atom is 0.211 e. The van der Waals surface area contributed by atoms with Crippen LogP contribution in [-0.2, 0) is 16.4 Å². The summed E-state index contributed by atoms with van der Waals surface area (Å²) in [7, 11) is 2.53. The third-order valence-corrected chi connectivity index (χ3v) is 8.16. The van der Waals surface area contributed by atoms with Crippen LogP contribution in [0.2, 0.25) is 0 Å². The van der Waals surface area contributed by atoms with Crippen molar-refractivity contribution in [2.75, 3.05) is 40.5 Å². The summed E-state index contributed by atoms with van der Waals surface area (Å²) in [5.74, 6) is 0.876. The molecule has 0 bridgehead atoms. The van der Waals surface area contributed by atoms with Crippen LogP contribution in [-0.4, -0.2) is 80.0 Å². The minimum Gasteiger partial charge on any atom is -0.383 e. The van der Waals surface area contributed by atoms with Crippen LogP contribution in [0, 0.1) is 11.3 Å². The van der Waals surface area contributed by atoms with Crippen molar-refractivity contribution in [3.8, 4) is 11.4 Å². The molecule has 0 saturated carbocycles. The molecule has 1 aromatic carbocycles. The van der Waals surface area contributed by atoms with Gasteiger partial charge in [0.15, 0.2) is 5.82 Å². The first kappa shape index (κ1) is 31.1. The summed E-state index contributed by atoms with van der Waals surface area (Å²) >= 11 is 0. The lowest BCUT2D eigenvalue weighted by atomic mass is 9.96. The molecule has 1 fully saturated rings. The Morgan fingerprint density at radius 2 is 2.08 bits per heavy atom. The van der Waals surface area contributed by atoms with Crippen LogP contribution in [0.4, 0.5) is 0 Å². The first-order valence-corrected chi connectivity index (χ1v) is 15.5. The van der Waals surface area contributed by atoms with Crippen LogP contribution < -0.4 is 0 Å². The molecule has 40 heavy (non-hydrogen) atoms. The predicted molar refractivity (Wildman–Crippen MR) is 167 cm³/mol. The molecule has 0 radical (unpaired) electrons. The average Bonchev–Trinajstić information content (AvgIpc) is 3.40. The third-order valence-electron chi connectivity index (χ3n) is 6.90. The number of benzene rings is 1. The minimum absolute atomic E-state index is 0.273. The number of aromatic nitrogens is 2. The summed E-state index contributed by atoms with van der Waals surface area (Å²) in [5.41, 5.74) is 6.09. The maximum atomic E-state index is 11.9. The molecule has 1 saturated heterocycles. The Labute approximate surface area is 239 Å². The van der Waals surface area contributed by atoms with Crippen molar-refractivity contribution in [3.05, 3.63) is 72.2 Å². The Bertz CT molecular complexity index is 1410. The lowest BCUT2D eigenvalue weighted by Crippen LogP contribution is -2.27. The lowest BCUT2D eigenvalue weighted by Gasteiger charge is -2.15. The van der Waals surface area contributed by atoms with Gasteiger partial charge in [-0.1, -0.05) is 43.9 Å². The Kier molecular flexibility index (Phi) is 11.1. The number of sulfonamides is 1. The zero-order valence-corrected chi connectivity index (χ0v) is 25.2.